The molecule has 18 heavy (non-hydrogen) atoms. The van der Waals surface area contributed by atoms with Gasteiger partial charge >= 0.3 is 0 Å². The first-order valence-corrected chi connectivity index (χ1v) is 6.12. The van der Waals surface area contributed by atoms with E-state index in [1.807, 2.05) is 26.1 Å². The lowest BCUT2D eigenvalue weighted by molar-refractivity contribution is -0.124. The third-order valence-corrected chi connectivity index (χ3v) is 3.10. The molecule has 0 aliphatic heterocycles. The van der Waals surface area contributed by atoms with E-state index >= 15 is 0 Å². The summed E-state index contributed by atoms with van der Waals surface area (Å²) in [7, 11) is 3.64. The van der Waals surface area contributed by atoms with Crippen molar-refractivity contribution < 1.29 is 4.79 Å². The van der Waals surface area contributed by atoms with Gasteiger partial charge in [-0.3, -0.25) is 14.7 Å². The highest BCUT2D eigenvalue weighted by Gasteiger charge is 2.20. The predicted octanol–water partition coefficient (Wildman–Crippen LogP) is 0.395. The van der Waals surface area contributed by atoms with Crippen molar-refractivity contribution in [2.24, 2.45) is 11.7 Å². The Morgan fingerprint density at radius 2 is 2.11 bits per heavy atom. The smallest absolute Gasteiger partial charge is 0.223 e. The lowest BCUT2D eigenvalue weighted by atomic mass is 10.0. The minimum absolute atomic E-state index is 0.0485. The first-order valence-electron chi connectivity index (χ1n) is 6.12. The van der Waals surface area contributed by atoms with Crippen LogP contribution in [0.5, 0.6) is 0 Å². The highest BCUT2D eigenvalue weighted by atomic mass is 16.1. The number of amides is 1. The summed E-state index contributed by atoms with van der Waals surface area (Å²) in [6.45, 7) is 3.10. The first-order chi connectivity index (χ1) is 8.60. The van der Waals surface area contributed by atoms with Crippen LogP contribution >= 0.6 is 0 Å². The van der Waals surface area contributed by atoms with E-state index in [-0.39, 0.29) is 17.9 Å². The third kappa shape index (κ3) is 3.78. The van der Waals surface area contributed by atoms with Crippen LogP contribution in [0.25, 0.3) is 0 Å². The van der Waals surface area contributed by atoms with E-state index < -0.39 is 0 Å². The highest BCUT2D eigenvalue weighted by Crippen LogP contribution is 2.18. The quantitative estimate of drug-likeness (QED) is 0.766. The van der Waals surface area contributed by atoms with Gasteiger partial charge in [0.2, 0.25) is 5.91 Å². The van der Waals surface area contributed by atoms with Gasteiger partial charge in [-0.05, 0) is 24.7 Å². The molecule has 0 aliphatic rings. The first kappa shape index (κ1) is 14.6. The van der Waals surface area contributed by atoms with E-state index in [0.717, 1.165) is 5.56 Å². The van der Waals surface area contributed by atoms with Gasteiger partial charge in [0, 0.05) is 44.5 Å². The molecule has 1 amide bonds. The summed E-state index contributed by atoms with van der Waals surface area (Å²) in [5.41, 5.74) is 6.95. The van der Waals surface area contributed by atoms with Crippen molar-refractivity contribution in [2.45, 2.75) is 13.0 Å². The number of carbonyl (C=O) groups excluding carboxylic acids is 1. The summed E-state index contributed by atoms with van der Waals surface area (Å²) >= 11 is 0. The van der Waals surface area contributed by atoms with Crippen molar-refractivity contribution in [1.29, 1.82) is 0 Å². The van der Waals surface area contributed by atoms with Crippen LogP contribution < -0.4 is 11.1 Å². The largest absolute Gasteiger partial charge is 0.359 e. The summed E-state index contributed by atoms with van der Waals surface area (Å²) in [5, 5.41) is 2.66. The molecule has 100 valence electrons. The molecule has 1 heterocycles. The SMILES string of the molecule is CNC(=O)C(C)CN(C)C(CN)c1ccncc1. The number of hydrogen-bond acceptors (Lipinski definition) is 4. The maximum absolute atomic E-state index is 11.5. The van der Waals surface area contributed by atoms with Crippen LogP contribution in [0.1, 0.15) is 18.5 Å². The van der Waals surface area contributed by atoms with Crippen LogP contribution in [-0.4, -0.2) is 43.0 Å². The number of hydrogen-bond donors (Lipinski definition) is 2. The molecular formula is C13H22N4O. The summed E-state index contributed by atoms with van der Waals surface area (Å²) < 4.78 is 0. The summed E-state index contributed by atoms with van der Waals surface area (Å²) in [6.07, 6.45) is 3.52. The molecule has 5 nitrogen and oxygen atoms in total. The molecule has 2 unspecified atom stereocenters. The number of aromatic nitrogens is 1. The van der Waals surface area contributed by atoms with Crippen molar-refractivity contribution >= 4 is 5.91 Å². The fraction of sp³-hybridized carbons (Fsp3) is 0.538. The van der Waals surface area contributed by atoms with Crippen molar-refractivity contribution in [2.75, 3.05) is 27.2 Å². The van der Waals surface area contributed by atoms with Gasteiger partial charge < -0.3 is 11.1 Å². The number of nitrogens with zero attached hydrogens (tertiary/aromatic N) is 2. The van der Waals surface area contributed by atoms with Crippen LogP contribution in [0.3, 0.4) is 0 Å². The van der Waals surface area contributed by atoms with Gasteiger partial charge in [0.15, 0.2) is 0 Å². The molecule has 1 aromatic rings. The van der Waals surface area contributed by atoms with Crippen LogP contribution in [0, 0.1) is 5.92 Å². The Bertz CT molecular complexity index is 369. The molecule has 3 N–H and O–H groups in total. The maximum Gasteiger partial charge on any atom is 0.223 e. The van der Waals surface area contributed by atoms with Gasteiger partial charge in [-0.2, -0.15) is 0 Å². The van der Waals surface area contributed by atoms with E-state index in [1.165, 1.54) is 0 Å². The molecule has 0 aliphatic carbocycles. The molecule has 0 saturated carbocycles. The minimum atomic E-state index is -0.0594. The van der Waals surface area contributed by atoms with Gasteiger partial charge in [-0.25, -0.2) is 0 Å². The number of nitrogens with one attached hydrogen (secondary N) is 1. The molecular weight excluding hydrogens is 228 g/mol. The fourth-order valence-electron chi connectivity index (χ4n) is 2.04. The molecule has 1 aromatic heterocycles. The number of rotatable bonds is 6. The van der Waals surface area contributed by atoms with Crippen LogP contribution in [0.2, 0.25) is 0 Å². The zero-order valence-corrected chi connectivity index (χ0v) is 11.3. The molecule has 0 bridgehead atoms. The second-order valence-corrected chi connectivity index (χ2v) is 4.49. The monoisotopic (exact) mass is 250 g/mol. The van der Waals surface area contributed by atoms with E-state index in [4.69, 9.17) is 5.73 Å². The van der Waals surface area contributed by atoms with Crippen LogP contribution in [-0.2, 0) is 4.79 Å². The number of likely N-dealkylation sites (N-methyl/N-ethyl adjacent to an activating group) is 1. The zero-order chi connectivity index (χ0) is 13.5. The summed E-state index contributed by atoms with van der Waals surface area (Å²) in [4.78, 5) is 17.6. The average Bonchev–Trinajstić information content (AvgIpc) is 2.39. The molecule has 2 atom stereocenters. The van der Waals surface area contributed by atoms with Gasteiger partial charge in [-0.15, -0.1) is 0 Å². The molecule has 0 aromatic carbocycles. The summed E-state index contributed by atoms with van der Waals surface area (Å²) in [6, 6.07) is 4.03. The molecule has 0 spiro atoms. The van der Waals surface area contributed by atoms with E-state index in [1.54, 1.807) is 19.4 Å². The normalized spacial score (nSPS) is 14.3. The predicted molar refractivity (Wildman–Crippen MR) is 71.9 cm³/mol. The van der Waals surface area contributed by atoms with E-state index in [2.05, 4.69) is 15.2 Å². The molecule has 0 radical (unpaired) electrons. The van der Waals surface area contributed by atoms with Gasteiger partial charge in [0.05, 0.1) is 0 Å². The Morgan fingerprint density at radius 1 is 1.50 bits per heavy atom. The molecule has 5 heteroatoms. The maximum atomic E-state index is 11.5. The zero-order valence-electron chi connectivity index (χ0n) is 11.3. The Morgan fingerprint density at radius 3 is 2.61 bits per heavy atom. The van der Waals surface area contributed by atoms with Crippen molar-refractivity contribution in [3.63, 3.8) is 0 Å². The third-order valence-electron chi connectivity index (χ3n) is 3.10. The number of carbonyl (C=O) groups is 1. The van der Waals surface area contributed by atoms with Gasteiger partial charge in [0.25, 0.3) is 0 Å². The van der Waals surface area contributed by atoms with Crippen molar-refractivity contribution in [3.05, 3.63) is 30.1 Å². The van der Waals surface area contributed by atoms with E-state index in [0.29, 0.717) is 13.1 Å². The Labute approximate surface area is 108 Å². The van der Waals surface area contributed by atoms with E-state index in [9.17, 15) is 4.79 Å². The van der Waals surface area contributed by atoms with Gasteiger partial charge in [0.1, 0.15) is 0 Å². The lowest BCUT2D eigenvalue weighted by Gasteiger charge is -2.29. The highest BCUT2D eigenvalue weighted by molar-refractivity contribution is 5.78. The standard InChI is InChI=1S/C13H22N4O/c1-10(13(18)15-2)9-17(3)12(8-14)11-4-6-16-7-5-11/h4-7,10,12H,8-9,14H2,1-3H3,(H,15,18). The van der Waals surface area contributed by atoms with Crippen molar-refractivity contribution in [3.8, 4) is 0 Å². The Balaban J connectivity index is 2.69. The topological polar surface area (TPSA) is 71.2 Å². The summed E-state index contributed by atoms with van der Waals surface area (Å²) in [5.74, 6) is -0.0109. The second-order valence-electron chi connectivity index (χ2n) is 4.49. The molecule has 0 fully saturated rings. The molecule has 0 saturated heterocycles. The minimum Gasteiger partial charge on any atom is -0.359 e. The van der Waals surface area contributed by atoms with Gasteiger partial charge in [-0.1, -0.05) is 6.92 Å². The lowest BCUT2D eigenvalue weighted by Crippen LogP contribution is -2.38. The van der Waals surface area contributed by atoms with Crippen molar-refractivity contribution in [1.82, 2.24) is 15.2 Å². The Hall–Kier alpha value is -1.46. The number of nitrogens with two attached hydrogens (primary N) is 1. The Kier molecular flexibility index (Phi) is 5.74. The average molecular weight is 250 g/mol. The van der Waals surface area contributed by atoms with Crippen LogP contribution in [0.15, 0.2) is 24.5 Å². The van der Waals surface area contributed by atoms with Crippen LogP contribution in [0.4, 0.5) is 0 Å². The fourth-order valence-corrected chi connectivity index (χ4v) is 2.04. The molecule has 1 rings (SSSR count). The second kappa shape index (κ2) is 7.08. The number of pyridine rings is 1.